The first-order valence-electron chi connectivity index (χ1n) is 24.3. The number of fused-ring (bicyclic) bond motifs is 6. The van der Waals surface area contributed by atoms with Crippen molar-refractivity contribution in [2.75, 3.05) is 0 Å². The third-order valence-corrected chi connectivity index (χ3v) is 15.5. The lowest BCUT2D eigenvalue weighted by molar-refractivity contribution is 1.18. The molecule has 0 aliphatic heterocycles. The zero-order chi connectivity index (χ0) is 47.1. The van der Waals surface area contributed by atoms with Crippen molar-refractivity contribution in [1.29, 1.82) is 0 Å². The zero-order valence-electron chi connectivity index (χ0n) is 40.4. The van der Waals surface area contributed by atoms with Crippen molar-refractivity contribution in [3.63, 3.8) is 0 Å². The summed E-state index contributed by atoms with van der Waals surface area (Å²) >= 11 is 0. The van der Waals surface area contributed by atoms with E-state index in [1.807, 2.05) is 0 Å². The van der Waals surface area contributed by atoms with E-state index < -0.39 is 0 Å². The van der Waals surface area contributed by atoms with E-state index >= 15 is 0 Å². The Morgan fingerprint density at radius 1 is 0.275 bits per heavy atom. The number of hydrogen-bond donors (Lipinski definition) is 0. The summed E-state index contributed by atoms with van der Waals surface area (Å²) in [6.45, 7) is 0. The molecule has 0 N–H and O–H groups in total. The first kappa shape index (κ1) is 42.6. The summed E-state index contributed by atoms with van der Waals surface area (Å²) in [7, 11) is 16.3. The molecule has 2 heterocycles. The minimum atomic E-state index is 1.17. The Balaban J connectivity index is 1.07. The van der Waals surface area contributed by atoms with Crippen LogP contribution in [-0.2, 0) is 0 Å². The van der Waals surface area contributed by atoms with Gasteiger partial charge in [0, 0.05) is 38.4 Å². The van der Waals surface area contributed by atoms with Crippen molar-refractivity contribution in [3.05, 3.63) is 200 Å². The van der Waals surface area contributed by atoms with Crippen LogP contribution < -0.4 is 38.2 Å². The van der Waals surface area contributed by atoms with Gasteiger partial charge in [-0.3, -0.25) is 0 Å². The molecule has 2 aromatic heterocycles. The van der Waals surface area contributed by atoms with Gasteiger partial charge >= 0.3 is 0 Å². The van der Waals surface area contributed by atoms with Gasteiger partial charge in [-0.2, -0.15) is 0 Å². The molecule has 9 heteroatoms. The molecule has 12 rings (SSSR count). The Kier molecular flexibility index (Phi) is 10.4. The van der Waals surface area contributed by atoms with Gasteiger partial charge in [0.25, 0.3) is 0 Å². The molecule has 0 saturated carbocycles. The van der Waals surface area contributed by atoms with E-state index in [1.54, 1.807) is 0 Å². The standard InChI is InChI=1S/C60H47B7N2/c61-52-49(41-27-31-48-45(33-41)44-32-40(35-14-6-2-7-15-35)26-30-47(44)69(48)46-19-11-10-18-43(46)39-16-8-3-9-17-39)53(62)57(66)59-50(52)51-54(63)55(64)56(65)58(67)60(51)68(59)42-28-24-38(25-29-42)37-22-20-36(21-23-37)34-12-4-1-5-13-34/h1-33H,61-67H2. The molecule has 2 nitrogen and oxygen atoms in total. The second kappa shape index (κ2) is 16.8. The van der Waals surface area contributed by atoms with Gasteiger partial charge in [-0.1, -0.05) is 191 Å². The fraction of sp³-hybridized carbons (Fsp3) is 0. The van der Waals surface area contributed by atoms with Crippen LogP contribution in [-0.4, -0.2) is 64.1 Å². The fourth-order valence-electron chi connectivity index (χ4n) is 11.5. The van der Waals surface area contributed by atoms with Crippen LogP contribution in [0.5, 0.6) is 0 Å². The van der Waals surface area contributed by atoms with Crippen molar-refractivity contribution < 1.29 is 0 Å². The molecule has 0 atom stereocenters. The molecule has 0 unspecified atom stereocenters. The molecule has 12 aromatic rings. The summed E-state index contributed by atoms with van der Waals surface area (Å²) in [5, 5.41) is 5.19. The Labute approximate surface area is 410 Å². The maximum atomic E-state index is 2.58. The quantitative estimate of drug-likeness (QED) is 0.215. The number of para-hydroxylation sites is 1. The highest BCUT2D eigenvalue weighted by molar-refractivity contribution is 6.69. The molecule has 0 aliphatic carbocycles. The molecule has 0 bridgehead atoms. The average molecular weight is 872 g/mol. The normalized spacial score (nSPS) is 11.6. The van der Waals surface area contributed by atoms with E-state index in [2.05, 4.69) is 264 Å². The highest BCUT2D eigenvalue weighted by atomic mass is 15.0. The van der Waals surface area contributed by atoms with Crippen LogP contribution in [0.4, 0.5) is 0 Å². The maximum Gasteiger partial charge on any atom is 0.141 e. The van der Waals surface area contributed by atoms with Crippen LogP contribution in [0.15, 0.2) is 200 Å². The Hall–Kier alpha value is -7.75. The molecular formula is C60H47B7N2. The van der Waals surface area contributed by atoms with Crippen molar-refractivity contribution in [2.45, 2.75) is 0 Å². The highest BCUT2D eigenvalue weighted by Crippen LogP contribution is 2.40. The van der Waals surface area contributed by atoms with Crippen LogP contribution in [0.25, 0.3) is 111 Å². The van der Waals surface area contributed by atoms with E-state index in [4.69, 9.17) is 0 Å². The van der Waals surface area contributed by atoms with Gasteiger partial charge in [0.1, 0.15) is 54.9 Å². The second-order valence-electron chi connectivity index (χ2n) is 19.1. The molecule has 69 heavy (non-hydrogen) atoms. The molecule has 10 aromatic carbocycles. The summed E-state index contributed by atoms with van der Waals surface area (Å²) in [6.07, 6.45) is 0. The van der Waals surface area contributed by atoms with Gasteiger partial charge in [0.05, 0.1) is 16.7 Å². The van der Waals surface area contributed by atoms with Crippen LogP contribution in [0.1, 0.15) is 0 Å². The van der Waals surface area contributed by atoms with Gasteiger partial charge in [-0.05, 0) is 97.9 Å². The number of benzene rings is 10. The molecule has 0 amide bonds. The minimum Gasteiger partial charge on any atom is -0.310 e. The van der Waals surface area contributed by atoms with E-state index in [0.717, 1.165) is 0 Å². The van der Waals surface area contributed by atoms with Crippen molar-refractivity contribution in [3.8, 4) is 67.0 Å². The number of rotatable bonds is 7. The lowest BCUT2D eigenvalue weighted by atomic mass is 9.64. The summed E-state index contributed by atoms with van der Waals surface area (Å²) in [5.74, 6) is 0. The first-order chi connectivity index (χ1) is 33.7. The monoisotopic (exact) mass is 872 g/mol. The molecule has 0 radical (unpaired) electrons. The van der Waals surface area contributed by atoms with E-state index in [0.29, 0.717) is 0 Å². The minimum absolute atomic E-state index is 1.17. The van der Waals surface area contributed by atoms with E-state index in [-0.39, 0.29) is 0 Å². The number of hydrogen-bond acceptors (Lipinski definition) is 0. The molecule has 0 aliphatic rings. The topological polar surface area (TPSA) is 9.86 Å². The van der Waals surface area contributed by atoms with Crippen molar-refractivity contribution in [1.82, 2.24) is 9.13 Å². The molecule has 0 fully saturated rings. The predicted octanol–water partition coefficient (Wildman–Crippen LogP) is 4.02. The van der Waals surface area contributed by atoms with Crippen LogP contribution >= 0.6 is 0 Å². The molecule has 0 saturated heterocycles. The Morgan fingerprint density at radius 3 is 1.26 bits per heavy atom. The Morgan fingerprint density at radius 2 is 0.681 bits per heavy atom. The Bertz CT molecular complexity index is 3990. The van der Waals surface area contributed by atoms with E-state index in [1.165, 1.54) is 149 Å². The zero-order valence-corrected chi connectivity index (χ0v) is 40.4. The summed E-state index contributed by atoms with van der Waals surface area (Å²) in [5.41, 5.74) is 29.0. The van der Waals surface area contributed by atoms with E-state index in [9.17, 15) is 0 Å². The lowest BCUT2D eigenvalue weighted by Gasteiger charge is -2.19. The summed E-state index contributed by atoms with van der Waals surface area (Å²) in [6, 6.07) is 73.4. The van der Waals surface area contributed by atoms with Crippen molar-refractivity contribution in [2.24, 2.45) is 0 Å². The van der Waals surface area contributed by atoms with Crippen LogP contribution in [0.2, 0.25) is 0 Å². The van der Waals surface area contributed by atoms with Gasteiger partial charge in [-0.25, -0.2) is 0 Å². The van der Waals surface area contributed by atoms with Gasteiger partial charge in [-0.15, -0.1) is 5.46 Å². The second-order valence-corrected chi connectivity index (χ2v) is 19.1. The molecule has 318 valence electrons. The maximum absolute atomic E-state index is 2.58. The molecule has 0 spiro atoms. The first-order valence-corrected chi connectivity index (χ1v) is 24.3. The van der Waals surface area contributed by atoms with Crippen LogP contribution in [0, 0.1) is 0 Å². The summed E-state index contributed by atoms with van der Waals surface area (Å²) < 4.78 is 5.06. The average Bonchev–Trinajstić information content (AvgIpc) is 3.94. The number of nitrogens with zero attached hydrogens (tertiary/aromatic N) is 2. The largest absolute Gasteiger partial charge is 0.310 e. The van der Waals surface area contributed by atoms with Crippen molar-refractivity contribution >= 4 is 137 Å². The predicted molar refractivity (Wildman–Crippen MR) is 320 cm³/mol. The highest BCUT2D eigenvalue weighted by Gasteiger charge is 2.26. The number of aromatic nitrogens is 2. The van der Waals surface area contributed by atoms with Gasteiger partial charge in [0.2, 0.25) is 0 Å². The van der Waals surface area contributed by atoms with Gasteiger partial charge in [0.15, 0.2) is 0 Å². The summed E-state index contributed by atoms with van der Waals surface area (Å²) in [4.78, 5) is 0. The smallest absolute Gasteiger partial charge is 0.141 e. The van der Waals surface area contributed by atoms with Gasteiger partial charge < -0.3 is 9.13 Å². The third kappa shape index (κ3) is 6.81. The lowest BCUT2D eigenvalue weighted by Crippen LogP contribution is -2.48. The van der Waals surface area contributed by atoms with Crippen LogP contribution in [0.3, 0.4) is 0 Å². The fourth-order valence-corrected chi connectivity index (χ4v) is 11.5. The molecular weight excluding hydrogens is 824 g/mol. The third-order valence-electron chi connectivity index (χ3n) is 15.5. The SMILES string of the molecule is Bc1c(B)c(B)c2c(c1B)c1c(B)c(-c3ccc4c(c3)c3cc(-c5ccccc5)ccc3n4-c3ccccc3-c3ccccc3)c(B)c(B)c1n2-c1ccc(-c2ccc(-c3ccccc3)cc2)cc1.